The molecular weight excluding hydrogens is 326 g/mol. The molecule has 0 aliphatic carbocycles. The number of carbonyl (C=O) groups is 1. The maximum atomic E-state index is 11.9. The van der Waals surface area contributed by atoms with E-state index in [1.54, 1.807) is 24.3 Å². The van der Waals surface area contributed by atoms with E-state index in [-0.39, 0.29) is 0 Å². The zero-order chi connectivity index (χ0) is 16.9. The summed E-state index contributed by atoms with van der Waals surface area (Å²) in [5, 5.41) is 7.28. The Morgan fingerprint density at radius 3 is 2.75 bits per heavy atom. The Morgan fingerprint density at radius 1 is 1.25 bits per heavy atom. The van der Waals surface area contributed by atoms with Crippen molar-refractivity contribution >= 4 is 34.8 Å². The number of hydrogen-bond donors (Lipinski definition) is 1. The Kier molecular flexibility index (Phi) is 5.01. The van der Waals surface area contributed by atoms with Crippen LogP contribution in [0.3, 0.4) is 0 Å². The van der Waals surface area contributed by atoms with E-state index in [1.165, 1.54) is 0 Å². The Morgan fingerprint density at radius 2 is 2.00 bits per heavy atom. The highest BCUT2D eigenvalue weighted by Gasteiger charge is 2.21. The summed E-state index contributed by atoms with van der Waals surface area (Å²) in [6.07, 6.45) is 0.110. The Labute approximate surface area is 145 Å². The third-order valence-corrected chi connectivity index (χ3v) is 4.14. The highest BCUT2D eigenvalue weighted by Crippen LogP contribution is 2.27. The molecule has 0 fully saturated rings. The molecule has 0 saturated carbocycles. The van der Waals surface area contributed by atoms with Crippen molar-refractivity contribution in [3.63, 3.8) is 0 Å². The highest BCUT2D eigenvalue weighted by molar-refractivity contribution is 6.30. The predicted molar refractivity (Wildman–Crippen MR) is 97.0 cm³/mol. The molecule has 2 aromatic carbocycles. The number of oxime groups is 1. The van der Waals surface area contributed by atoms with E-state index in [9.17, 15) is 4.79 Å². The van der Waals surface area contributed by atoms with E-state index in [4.69, 9.17) is 16.4 Å². The predicted octanol–water partition coefficient (Wildman–Crippen LogP) is 4.52. The largest absolute Gasteiger partial charge is 0.437 e. The number of benzene rings is 2. The van der Waals surface area contributed by atoms with Crippen molar-refractivity contribution in [1.29, 1.82) is 0 Å². The summed E-state index contributed by atoms with van der Waals surface area (Å²) in [7, 11) is 0. The van der Waals surface area contributed by atoms with Crippen molar-refractivity contribution in [3.8, 4) is 0 Å². The topological polar surface area (TPSA) is 53.9 Å². The standard InChI is InChI=1S/C18H18ClN3O2/c1-2-22-12-11-16(15-5-3-4-6-17(15)22)21-24-18(23)20-14-9-7-13(19)8-10-14/h3-10H,2,11-12H2,1H3,(H,20,23)/b21-16+. The van der Waals surface area contributed by atoms with Crippen molar-refractivity contribution in [2.75, 3.05) is 23.3 Å². The number of rotatable bonds is 3. The minimum Gasteiger partial charge on any atom is -0.371 e. The first kappa shape index (κ1) is 16.3. The van der Waals surface area contributed by atoms with Crippen LogP contribution in [0.4, 0.5) is 16.2 Å². The lowest BCUT2D eigenvalue weighted by atomic mass is 10.00. The van der Waals surface area contributed by atoms with Gasteiger partial charge in [0, 0.05) is 41.5 Å². The van der Waals surface area contributed by atoms with Gasteiger partial charge < -0.3 is 4.90 Å². The van der Waals surface area contributed by atoms with E-state index < -0.39 is 6.09 Å². The van der Waals surface area contributed by atoms with E-state index in [0.717, 1.165) is 36.5 Å². The molecule has 0 aromatic heterocycles. The number of halogens is 1. The summed E-state index contributed by atoms with van der Waals surface area (Å²) >= 11 is 5.81. The zero-order valence-corrected chi connectivity index (χ0v) is 14.1. The number of hydrogen-bond acceptors (Lipinski definition) is 4. The molecule has 0 unspecified atom stereocenters. The van der Waals surface area contributed by atoms with Gasteiger partial charge in [0.25, 0.3) is 0 Å². The number of nitrogens with zero attached hydrogens (tertiary/aromatic N) is 2. The fourth-order valence-corrected chi connectivity index (χ4v) is 2.81. The van der Waals surface area contributed by atoms with Crippen LogP contribution in [0.25, 0.3) is 0 Å². The minimum absolute atomic E-state index is 0.603. The average molecular weight is 344 g/mol. The average Bonchev–Trinajstić information content (AvgIpc) is 2.61. The second kappa shape index (κ2) is 7.36. The number of fused-ring (bicyclic) bond motifs is 1. The first-order chi connectivity index (χ1) is 11.7. The van der Waals surface area contributed by atoms with Gasteiger partial charge in [0.2, 0.25) is 0 Å². The molecule has 0 radical (unpaired) electrons. The number of amides is 1. The Hall–Kier alpha value is -2.53. The quantitative estimate of drug-likeness (QED) is 0.658. The van der Waals surface area contributed by atoms with Gasteiger partial charge in [-0.2, -0.15) is 0 Å². The SMILES string of the molecule is CCN1CC/C(=N\OC(=O)Nc2ccc(Cl)cc2)c2ccccc21. The van der Waals surface area contributed by atoms with Gasteiger partial charge in [-0.1, -0.05) is 35.0 Å². The molecule has 124 valence electrons. The number of anilines is 2. The maximum Gasteiger partial charge on any atom is 0.437 e. The molecule has 1 aliphatic rings. The molecule has 1 amide bonds. The number of nitrogens with one attached hydrogen (secondary N) is 1. The second-order valence-electron chi connectivity index (χ2n) is 5.40. The molecule has 5 nitrogen and oxygen atoms in total. The molecule has 0 saturated heterocycles. The van der Waals surface area contributed by atoms with Crippen molar-refractivity contribution in [1.82, 2.24) is 0 Å². The maximum absolute atomic E-state index is 11.9. The molecule has 1 N–H and O–H groups in total. The molecule has 1 heterocycles. The van der Waals surface area contributed by atoms with Gasteiger partial charge >= 0.3 is 6.09 Å². The van der Waals surface area contributed by atoms with Gasteiger partial charge in [-0.25, -0.2) is 4.79 Å². The van der Waals surface area contributed by atoms with Crippen LogP contribution in [0.15, 0.2) is 53.7 Å². The van der Waals surface area contributed by atoms with Crippen molar-refractivity contribution < 1.29 is 9.63 Å². The van der Waals surface area contributed by atoms with Gasteiger partial charge in [0.05, 0.1) is 5.71 Å². The fraction of sp³-hybridized carbons (Fsp3) is 0.222. The molecular formula is C18H18ClN3O2. The van der Waals surface area contributed by atoms with E-state index in [1.807, 2.05) is 18.2 Å². The van der Waals surface area contributed by atoms with E-state index >= 15 is 0 Å². The van der Waals surface area contributed by atoms with Crippen LogP contribution in [0, 0.1) is 0 Å². The van der Waals surface area contributed by atoms with Gasteiger partial charge in [-0.15, -0.1) is 0 Å². The zero-order valence-electron chi connectivity index (χ0n) is 13.3. The summed E-state index contributed by atoms with van der Waals surface area (Å²) in [5.74, 6) is 0. The smallest absolute Gasteiger partial charge is 0.371 e. The van der Waals surface area contributed by atoms with Gasteiger partial charge in [-0.05, 0) is 37.3 Å². The molecule has 0 spiro atoms. The van der Waals surface area contributed by atoms with Gasteiger partial charge in [0.15, 0.2) is 0 Å². The summed E-state index contributed by atoms with van der Waals surface area (Å²) in [6, 6.07) is 14.8. The van der Waals surface area contributed by atoms with Crippen LogP contribution in [0.5, 0.6) is 0 Å². The lowest BCUT2D eigenvalue weighted by Gasteiger charge is -2.30. The summed E-state index contributed by atoms with van der Waals surface area (Å²) in [6.45, 7) is 3.91. The molecule has 1 aliphatic heterocycles. The lowest BCUT2D eigenvalue weighted by Crippen LogP contribution is -2.32. The number of carbonyl (C=O) groups excluding carboxylic acids is 1. The van der Waals surface area contributed by atoms with Crippen molar-refractivity contribution in [2.45, 2.75) is 13.3 Å². The van der Waals surface area contributed by atoms with Crippen LogP contribution < -0.4 is 10.2 Å². The van der Waals surface area contributed by atoms with Gasteiger partial charge in [0.1, 0.15) is 0 Å². The van der Waals surface area contributed by atoms with Crippen molar-refractivity contribution in [3.05, 3.63) is 59.1 Å². The minimum atomic E-state index is -0.625. The highest BCUT2D eigenvalue weighted by atomic mass is 35.5. The second-order valence-corrected chi connectivity index (χ2v) is 5.83. The third kappa shape index (κ3) is 3.68. The third-order valence-electron chi connectivity index (χ3n) is 3.89. The first-order valence-corrected chi connectivity index (χ1v) is 8.20. The van der Waals surface area contributed by atoms with Crippen LogP contribution >= 0.6 is 11.6 Å². The van der Waals surface area contributed by atoms with E-state index in [0.29, 0.717) is 10.7 Å². The molecule has 0 bridgehead atoms. The summed E-state index contributed by atoms with van der Waals surface area (Å²) in [5.41, 5.74) is 3.50. The molecule has 0 atom stereocenters. The van der Waals surface area contributed by atoms with Crippen LogP contribution in [-0.2, 0) is 4.84 Å². The van der Waals surface area contributed by atoms with E-state index in [2.05, 4.69) is 28.4 Å². The summed E-state index contributed by atoms with van der Waals surface area (Å²) < 4.78 is 0. The first-order valence-electron chi connectivity index (χ1n) is 7.82. The lowest BCUT2D eigenvalue weighted by molar-refractivity contribution is 0.166. The molecule has 6 heteroatoms. The Bertz CT molecular complexity index is 759. The molecule has 3 rings (SSSR count). The summed E-state index contributed by atoms with van der Waals surface area (Å²) in [4.78, 5) is 19.2. The van der Waals surface area contributed by atoms with Crippen LogP contribution in [0.2, 0.25) is 5.02 Å². The van der Waals surface area contributed by atoms with Crippen LogP contribution in [-0.4, -0.2) is 24.9 Å². The molecule has 2 aromatic rings. The Balaban J connectivity index is 1.70. The molecule has 24 heavy (non-hydrogen) atoms. The van der Waals surface area contributed by atoms with Gasteiger partial charge in [-0.3, -0.25) is 10.2 Å². The monoisotopic (exact) mass is 343 g/mol. The van der Waals surface area contributed by atoms with Crippen molar-refractivity contribution in [2.24, 2.45) is 5.16 Å². The normalized spacial score (nSPS) is 15.1. The number of para-hydroxylation sites is 1. The van der Waals surface area contributed by atoms with Crippen LogP contribution in [0.1, 0.15) is 18.9 Å². The fourth-order valence-electron chi connectivity index (χ4n) is 2.68.